The van der Waals surface area contributed by atoms with Gasteiger partial charge in [-0.25, -0.2) is 0 Å². The van der Waals surface area contributed by atoms with E-state index in [4.69, 9.17) is 16.3 Å². The van der Waals surface area contributed by atoms with Gasteiger partial charge in [0, 0.05) is 12.7 Å². The quantitative estimate of drug-likeness (QED) is 0.829. The van der Waals surface area contributed by atoms with Crippen molar-refractivity contribution in [3.05, 3.63) is 53.6 Å². The molecular weight excluding hydrogens is 236 g/mol. The standard InChI is InChI=1S/C15H12N4/c1-19(13-5-2-11(9-16)3-6-13)15-8-12(10-17)4-7-14(15)18/h2-8H,18H2,1H3. The average molecular weight is 248 g/mol. The Kier molecular flexibility index (Phi) is 3.36. The van der Waals surface area contributed by atoms with Gasteiger partial charge in [-0.1, -0.05) is 0 Å². The number of nitrogens with two attached hydrogens (primary N) is 1. The zero-order valence-corrected chi connectivity index (χ0v) is 10.5. The molecule has 0 saturated heterocycles. The maximum absolute atomic E-state index is 8.93. The van der Waals surface area contributed by atoms with Crippen LogP contribution in [0.3, 0.4) is 0 Å². The Bertz CT molecular complexity index is 675. The van der Waals surface area contributed by atoms with Crippen LogP contribution in [0.2, 0.25) is 0 Å². The van der Waals surface area contributed by atoms with Gasteiger partial charge in [-0.15, -0.1) is 0 Å². The van der Waals surface area contributed by atoms with Crippen molar-refractivity contribution in [2.45, 2.75) is 0 Å². The van der Waals surface area contributed by atoms with E-state index in [2.05, 4.69) is 12.1 Å². The Morgan fingerprint density at radius 3 is 2.11 bits per heavy atom. The van der Waals surface area contributed by atoms with Gasteiger partial charge < -0.3 is 10.6 Å². The topological polar surface area (TPSA) is 76.8 Å². The van der Waals surface area contributed by atoms with Crippen molar-refractivity contribution in [1.82, 2.24) is 0 Å². The predicted molar refractivity (Wildman–Crippen MR) is 74.8 cm³/mol. The van der Waals surface area contributed by atoms with E-state index in [1.807, 2.05) is 24.1 Å². The van der Waals surface area contributed by atoms with E-state index in [1.165, 1.54) is 0 Å². The van der Waals surface area contributed by atoms with Crippen LogP contribution >= 0.6 is 0 Å². The number of nitriles is 2. The van der Waals surface area contributed by atoms with Gasteiger partial charge in [-0.05, 0) is 42.5 Å². The van der Waals surface area contributed by atoms with Crippen molar-refractivity contribution in [1.29, 1.82) is 10.5 Å². The smallest absolute Gasteiger partial charge is 0.0992 e. The third-order valence-electron chi connectivity index (χ3n) is 2.90. The molecule has 0 radical (unpaired) electrons. The summed E-state index contributed by atoms with van der Waals surface area (Å²) in [5.41, 5.74) is 9.38. The van der Waals surface area contributed by atoms with Gasteiger partial charge in [0.05, 0.1) is 34.6 Å². The number of hydrogen-bond acceptors (Lipinski definition) is 4. The highest BCUT2D eigenvalue weighted by molar-refractivity contribution is 5.75. The molecule has 0 aliphatic carbocycles. The minimum atomic E-state index is 0.560. The molecule has 0 spiro atoms. The summed E-state index contributed by atoms with van der Waals surface area (Å²) >= 11 is 0. The second kappa shape index (κ2) is 5.12. The summed E-state index contributed by atoms with van der Waals surface area (Å²) < 4.78 is 0. The van der Waals surface area contributed by atoms with Crippen molar-refractivity contribution in [2.24, 2.45) is 0 Å². The first-order chi connectivity index (χ1) is 9.15. The van der Waals surface area contributed by atoms with Crippen molar-refractivity contribution in [2.75, 3.05) is 17.7 Å². The van der Waals surface area contributed by atoms with E-state index in [0.29, 0.717) is 16.8 Å². The number of anilines is 3. The molecule has 0 aliphatic heterocycles. The molecule has 2 rings (SSSR count). The van der Waals surface area contributed by atoms with Crippen LogP contribution in [0.15, 0.2) is 42.5 Å². The molecular formula is C15H12N4. The normalized spacial score (nSPS) is 9.42. The summed E-state index contributed by atoms with van der Waals surface area (Å²) in [5.74, 6) is 0. The van der Waals surface area contributed by atoms with Gasteiger partial charge in [0.25, 0.3) is 0 Å². The lowest BCUT2D eigenvalue weighted by Crippen LogP contribution is -2.11. The van der Waals surface area contributed by atoms with Gasteiger partial charge in [-0.3, -0.25) is 0 Å². The molecule has 0 saturated carbocycles. The number of rotatable bonds is 2. The molecule has 0 atom stereocenters. The van der Waals surface area contributed by atoms with Crippen LogP contribution in [0.1, 0.15) is 11.1 Å². The van der Waals surface area contributed by atoms with E-state index in [-0.39, 0.29) is 0 Å². The fourth-order valence-electron chi connectivity index (χ4n) is 1.80. The summed E-state index contributed by atoms with van der Waals surface area (Å²) in [4.78, 5) is 1.89. The molecule has 19 heavy (non-hydrogen) atoms. The van der Waals surface area contributed by atoms with Gasteiger partial charge in [0.15, 0.2) is 0 Å². The summed E-state index contributed by atoms with van der Waals surface area (Å²) in [6, 6.07) is 16.5. The highest BCUT2D eigenvalue weighted by Crippen LogP contribution is 2.29. The Morgan fingerprint density at radius 1 is 0.947 bits per heavy atom. The van der Waals surface area contributed by atoms with Gasteiger partial charge in [0.1, 0.15) is 0 Å². The molecule has 0 heterocycles. The van der Waals surface area contributed by atoms with E-state index in [1.54, 1.807) is 30.3 Å². The second-order valence-corrected chi connectivity index (χ2v) is 4.10. The van der Waals surface area contributed by atoms with Crippen LogP contribution < -0.4 is 10.6 Å². The van der Waals surface area contributed by atoms with E-state index in [9.17, 15) is 0 Å². The SMILES string of the molecule is CN(c1ccc(C#N)cc1)c1cc(C#N)ccc1N. The van der Waals surface area contributed by atoms with Crippen LogP contribution in [0.25, 0.3) is 0 Å². The van der Waals surface area contributed by atoms with Crippen LogP contribution in [-0.4, -0.2) is 7.05 Å². The molecule has 2 N–H and O–H groups in total. The Hall–Kier alpha value is -2.98. The highest BCUT2D eigenvalue weighted by Gasteiger charge is 2.08. The molecule has 4 heteroatoms. The lowest BCUT2D eigenvalue weighted by molar-refractivity contribution is 1.21. The molecule has 0 bridgehead atoms. The molecule has 0 amide bonds. The Morgan fingerprint density at radius 2 is 1.53 bits per heavy atom. The number of hydrogen-bond donors (Lipinski definition) is 1. The minimum Gasteiger partial charge on any atom is -0.397 e. The zero-order valence-electron chi connectivity index (χ0n) is 10.5. The molecule has 4 nitrogen and oxygen atoms in total. The monoisotopic (exact) mass is 248 g/mol. The van der Waals surface area contributed by atoms with Gasteiger partial charge in [-0.2, -0.15) is 10.5 Å². The molecule has 0 unspecified atom stereocenters. The molecule has 2 aromatic carbocycles. The summed E-state index contributed by atoms with van der Waals surface area (Å²) in [7, 11) is 1.87. The molecule has 2 aromatic rings. The first-order valence-corrected chi connectivity index (χ1v) is 5.69. The lowest BCUT2D eigenvalue weighted by Gasteiger charge is -2.21. The summed E-state index contributed by atoms with van der Waals surface area (Å²) in [6.07, 6.45) is 0. The maximum atomic E-state index is 8.93. The van der Waals surface area contributed by atoms with E-state index >= 15 is 0 Å². The minimum absolute atomic E-state index is 0.560. The molecule has 92 valence electrons. The first-order valence-electron chi connectivity index (χ1n) is 5.69. The zero-order chi connectivity index (χ0) is 13.8. The van der Waals surface area contributed by atoms with Crippen LogP contribution in [0, 0.1) is 22.7 Å². The number of nitrogens with zero attached hydrogens (tertiary/aromatic N) is 3. The van der Waals surface area contributed by atoms with E-state index in [0.717, 1.165) is 11.4 Å². The summed E-state index contributed by atoms with van der Waals surface area (Å²) in [6.45, 7) is 0. The maximum Gasteiger partial charge on any atom is 0.0992 e. The average Bonchev–Trinajstić information content (AvgIpc) is 2.47. The third-order valence-corrected chi connectivity index (χ3v) is 2.90. The first kappa shape index (κ1) is 12.5. The summed E-state index contributed by atoms with van der Waals surface area (Å²) in [5, 5.41) is 17.7. The highest BCUT2D eigenvalue weighted by atomic mass is 15.1. The van der Waals surface area contributed by atoms with Crippen molar-refractivity contribution >= 4 is 17.1 Å². The van der Waals surface area contributed by atoms with Gasteiger partial charge >= 0.3 is 0 Å². The largest absolute Gasteiger partial charge is 0.397 e. The van der Waals surface area contributed by atoms with Crippen molar-refractivity contribution < 1.29 is 0 Å². The number of nitrogen functional groups attached to an aromatic ring is 1. The van der Waals surface area contributed by atoms with Gasteiger partial charge in [0.2, 0.25) is 0 Å². The lowest BCUT2D eigenvalue weighted by atomic mass is 10.1. The number of benzene rings is 2. The van der Waals surface area contributed by atoms with Crippen LogP contribution in [-0.2, 0) is 0 Å². The van der Waals surface area contributed by atoms with E-state index < -0.39 is 0 Å². The second-order valence-electron chi connectivity index (χ2n) is 4.10. The Labute approximate surface area is 111 Å². The molecule has 0 fully saturated rings. The molecule has 0 aliphatic rings. The van der Waals surface area contributed by atoms with Crippen LogP contribution in [0.5, 0.6) is 0 Å². The van der Waals surface area contributed by atoms with Crippen LogP contribution in [0.4, 0.5) is 17.1 Å². The van der Waals surface area contributed by atoms with Crippen molar-refractivity contribution in [3.63, 3.8) is 0 Å². The predicted octanol–water partition coefficient (Wildman–Crippen LogP) is 2.78. The Balaban J connectivity index is 2.41. The fraction of sp³-hybridized carbons (Fsp3) is 0.0667. The van der Waals surface area contributed by atoms with Crippen molar-refractivity contribution in [3.8, 4) is 12.1 Å². The molecule has 0 aromatic heterocycles. The third kappa shape index (κ3) is 2.48. The fourth-order valence-corrected chi connectivity index (χ4v) is 1.80.